The van der Waals surface area contributed by atoms with Crippen LogP contribution in [-0.4, -0.2) is 16.4 Å². The van der Waals surface area contributed by atoms with E-state index in [-0.39, 0.29) is 11.8 Å². The van der Waals surface area contributed by atoms with Gasteiger partial charge in [-0.2, -0.15) is 0 Å². The van der Waals surface area contributed by atoms with E-state index in [1.807, 2.05) is 0 Å². The molecule has 0 spiro atoms. The lowest BCUT2D eigenvalue weighted by atomic mass is 9.68. The Morgan fingerprint density at radius 1 is 1.08 bits per heavy atom. The standard InChI is InChI=1S/C10H14ClNO/c11-12-9-4-6-1-7(5-9)3-8(2-6)10(12)13/h6-9H,1-5H2/t6-,7+,8?,9?. The minimum Gasteiger partial charge on any atom is -0.273 e. The van der Waals surface area contributed by atoms with Crippen molar-refractivity contribution >= 4 is 17.7 Å². The van der Waals surface area contributed by atoms with Crippen molar-refractivity contribution in [2.75, 3.05) is 0 Å². The quantitative estimate of drug-likeness (QED) is 0.548. The zero-order valence-corrected chi connectivity index (χ0v) is 8.33. The number of carbonyl (C=O) groups excluding carboxylic acids is 1. The average molecular weight is 200 g/mol. The number of fused-ring (bicyclic) bond motifs is 1. The fourth-order valence-electron chi connectivity index (χ4n) is 3.56. The van der Waals surface area contributed by atoms with Crippen molar-refractivity contribution in [3.8, 4) is 0 Å². The maximum absolute atomic E-state index is 11.8. The molecule has 4 rings (SSSR count). The van der Waals surface area contributed by atoms with Gasteiger partial charge in [-0.1, -0.05) is 0 Å². The lowest BCUT2D eigenvalue weighted by Crippen LogP contribution is -2.34. The lowest BCUT2D eigenvalue weighted by Gasteiger charge is -2.37. The predicted octanol–water partition coefficient (Wildman–Crippen LogP) is 2.18. The van der Waals surface area contributed by atoms with Gasteiger partial charge >= 0.3 is 0 Å². The lowest BCUT2D eigenvalue weighted by molar-refractivity contribution is -0.131. The van der Waals surface area contributed by atoms with Crippen LogP contribution in [0.25, 0.3) is 0 Å². The summed E-state index contributed by atoms with van der Waals surface area (Å²) < 4.78 is 1.52. The number of carbonyl (C=O) groups is 1. The normalized spacial score (nSPS) is 48.4. The molecule has 4 atom stereocenters. The molecule has 0 N–H and O–H groups in total. The first-order valence-electron chi connectivity index (χ1n) is 5.23. The van der Waals surface area contributed by atoms with Crippen molar-refractivity contribution in [3.63, 3.8) is 0 Å². The van der Waals surface area contributed by atoms with Gasteiger partial charge in [0.2, 0.25) is 5.91 Å². The van der Waals surface area contributed by atoms with Crippen LogP contribution in [0.15, 0.2) is 0 Å². The Kier molecular flexibility index (Phi) is 1.64. The number of amides is 1. The highest BCUT2D eigenvalue weighted by atomic mass is 35.5. The summed E-state index contributed by atoms with van der Waals surface area (Å²) in [6.45, 7) is 0. The van der Waals surface area contributed by atoms with E-state index in [9.17, 15) is 4.79 Å². The van der Waals surface area contributed by atoms with Crippen LogP contribution in [0.5, 0.6) is 0 Å². The molecular weight excluding hydrogens is 186 g/mol. The van der Waals surface area contributed by atoms with Crippen LogP contribution in [0.1, 0.15) is 32.1 Å². The highest BCUT2D eigenvalue weighted by Crippen LogP contribution is 2.48. The number of nitrogens with zero attached hydrogens (tertiary/aromatic N) is 1. The zero-order chi connectivity index (χ0) is 9.00. The van der Waals surface area contributed by atoms with Gasteiger partial charge in [0.1, 0.15) is 0 Å². The summed E-state index contributed by atoms with van der Waals surface area (Å²) in [6.07, 6.45) is 5.87. The molecular formula is C10H14ClNO. The topological polar surface area (TPSA) is 20.3 Å². The van der Waals surface area contributed by atoms with Crippen LogP contribution in [0.4, 0.5) is 0 Å². The molecule has 2 saturated carbocycles. The summed E-state index contributed by atoms with van der Waals surface area (Å²) in [5.41, 5.74) is 0. The van der Waals surface area contributed by atoms with Crippen LogP contribution < -0.4 is 0 Å². The molecule has 0 aromatic rings. The van der Waals surface area contributed by atoms with Crippen molar-refractivity contribution < 1.29 is 4.79 Å². The minimum absolute atomic E-state index is 0.205. The summed E-state index contributed by atoms with van der Waals surface area (Å²) in [5.74, 6) is 2.04. The first-order valence-corrected chi connectivity index (χ1v) is 5.56. The molecule has 0 radical (unpaired) electrons. The molecule has 4 bridgehead atoms. The van der Waals surface area contributed by atoms with Gasteiger partial charge < -0.3 is 0 Å². The van der Waals surface area contributed by atoms with Crippen LogP contribution >= 0.6 is 11.8 Å². The second kappa shape index (κ2) is 2.63. The maximum Gasteiger partial charge on any atom is 0.240 e. The van der Waals surface area contributed by atoms with E-state index in [0.29, 0.717) is 6.04 Å². The first kappa shape index (κ1) is 8.10. The Hall–Kier alpha value is -0.240. The van der Waals surface area contributed by atoms with Gasteiger partial charge in [-0.3, -0.25) is 9.21 Å². The van der Waals surface area contributed by atoms with Gasteiger partial charge in [0.15, 0.2) is 0 Å². The highest BCUT2D eigenvalue weighted by molar-refractivity contribution is 6.21. The average Bonchev–Trinajstić information content (AvgIpc) is 2.23. The Bertz CT molecular complexity index is 241. The number of halogens is 1. The summed E-state index contributed by atoms with van der Waals surface area (Å²) in [7, 11) is 0. The Morgan fingerprint density at radius 3 is 2.31 bits per heavy atom. The van der Waals surface area contributed by atoms with Crippen molar-refractivity contribution in [1.29, 1.82) is 0 Å². The van der Waals surface area contributed by atoms with Crippen molar-refractivity contribution in [1.82, 2.24) is 4.42 Å². The third-order valence-electron chi connectivity index (χ3n) is 3.99. The van der Waals surface area contributed by atoms with Gasteiger partial charge in [-0.15, -0.1) is 0 Å². The molecule has 4 aliphatic rings. The van der Waals surface area contributed by atoms with Crippen molar-refractivity contribution in [2.24, 2.45) is 17.8 Å². The highest BCUT2D eigenvalue weighted by Gasteiger charge is 2.46. The summed E-state index contributed by atoms with van der Waals surface area (Å²) in [4.78, 5) is 11.8. The third kappa shape index (κ3) is 1.11. The summed E-state index contributed by atoms with van der Waals surface area (Å²) in [5, 5.41) is 0. The fourth-order valence-corrected chi connectivity index (χ4v) is 3.85. The van der Waals surface area contributed by atoms with Crippen LogP contribution in [0.3, 0.4) is 0 Å². The second-order valence-electron chi connectivity index (χ2n) is 4.91. The monoisotopic (exact) mass is 199 g/mol. The molecule has 13 heavy (non-hydrogen) atoms. The van der Waals surface area contributed by atoms with Gasteiger partial charge in [0.05, 0.1) is 0 Å². The number of hydrogen-bond donors (Lipinski definition) is 0. The SMILES string of the molecule is O=C1C2C[C@@H]3CC(C[C@H](C2)C3)N1Cl. The molecule has 2 aliphatic heterocycles. The first-order chi connectivity index (χ1) is 6.24. The van der Waals surface area contributed by atoms with Crippen LogP contribution in [0, 0.1) is 17.8 Å². The third-order valence-corrected chi connectivity index (χ3v) is 4.44. The van der Waals surface area contributed by atoms with E-state index in [0.717, 1.165) is 37.5 Å². The molecule has 2 nitrogen and oxygen atoms in total. The molecule has 0 aromatic heterocycles. The smallest absolute Gasteiger partial charge is 0.240 e. The molecule has 72 valence electrons. The Morgan fingerprint density at radius 2 is 1.69 bits per heavy atom. The van der Waals surface area contributed by atoms with E-state index in [4.69, 9.17) is 11.8 Å². The fraction of sp³-hybridized carbons (Fsp3) is 0.900. The molecule has 2 saturated heterocycles. The zero-order valence-electron chi connectivity index (χ0n) is 7.58. The number of hydrogen-bond acceptors (Lipinski definition) is 1. The van der Waals surface area contributed by atoms with Gasteiger partial charge in [0.25, 0.3) is 0 Å². The van der Waals surface area contributed by atoms with E-state index in [1.54, 1.807) is 0 Å². The van der Waals surface area contributed by atoms with Crippen LogP contribution in [0.2, 0.25) is 0 Å². The van der Waals surface area contributed by atoms with Crippen molar-refractivity contribution in [3.05, 3.63) is 0 Å². The molecule has 4 fully saturated rings. The minimum atomic E-state index is 0.205. The van der Waals surface area contributed by atoms with Gasteiger partial charge in [0, 0.05) is 23.7 Å². The Labute approximate surface area is 83.3 Å². The van der Waals surface area contributed by atoms with E-state index >= 15 is 0 Å². The molecule has 2 aliphatic carbocycles. The molecule has 2 unspecified atom stereocenters. The molecule has 3 heteroatoms. The summed E-state index contributed by atoms with van der Waals surface area (Å²) in [6, 6.07) is 0.352. The van der Waals surface area contributed by atoms with Crippen molar-refractivity contribution in [2.45, 2.75) is 38.1 Å². The van der Waals surface area contributed by atoms with E-state index in [1.165, 1.54) is 10.8 Å². The molecule has 0 aromatic carbocycles. The van der Waals surface area contributed by atoms with Crippen LogP contribution in [-0.2, 0) is 4.79 Å². The van der Waals surface area contributed by atoms with E-state index < -0.39 is 0 Å². The molecule has 1 amide bonds. The predicted molar refractivity (Wildman–Crippen MR) is 50.0 cm³/mol. The molecule has 2 heterocycles. The van der Waals surface area contributed by atoms with Gasteiger partial charge in [-0.25, -0.2) is 0 Å². The number of rotatable bonds is 0. The maximum atomic E-state index is 11.8. The Balaban J connectivity index is 1.98. The summed E-state index contributed by atoms with van der Waals surface area (Å²) >= 11 is 6.04. The second-order valence-corrected chi connectivity index (χ2v) is 5.27. The van der Waals surface area contributed by atoms with Gasteiger partial charge in [-0.05, 0) is 43.9 Å². The largest absolute Gasteiger partial charge is 0.273 e. The van der Waals surface area contributed by atoms with E-state index in [2.05, 4.69) is 0 Å².